The Balaban J connectivity index is 2.22. The van der Waals surface area contributed by atoms with E-state index in [9.17, 15) is 0 Å². The van der Waals surface area contributed by atoms with Gasteiger partial charge in [0.15, 0.2) is 5.75 Å². The van der Waals surface area contributed by atoms with E-state index in [4.69, 9.17) is 20.9 Å². The van der Waals surface area contributed by atoms with Crippen LogP contribution in [0.2, 0.25) is 0 Å². The number of benzene rings is 2. The number of allylic oxidation sites excluding steroid dienone is 2. The zero-order valence-corrected chi connectivity index (χ0v) is 12.6. The van der Waals surface area contributed by atoms with E-state index < -0.39 is 0 Å². The van der Waals surface area contributed by atoms with Crippen molar-refractivity contribution in [3.05, 3.63) is 64.9 Å². The molecule has 1 heterocycles. The molecule has 0 amide bonds. The van der Waals surface area contributed by atoms with Gasteiger partial charge in [-0.3, -0.25) is 0 Å². The van der Waals surface area contributed by atoms with Gasteiger partial charge in [0, 0.05) is 29.1 Å². The number of aliphatic imine (C=N–C) groups is 1. The van der Waals surface area contributed by atoms with E-state index in [-0.39, 0.29) is 0 Å². The summed E-state index contributed by atoms with van der Waals surface area (Å²) in [4.78, 5) is 4.74. The molecule has 0 atom stereocenters. The first-order valence-corrected chi connectivity index (χ1v) is 7.07. The third kappa shape index (κ3) is 2.29. The summed E-state index contributed by atoms with van der Waals surface area (Å²) in [5, 5.41) is 7.58. The second-order valence-electron chi connectivity index (χ2n) is 5.12. The second-order valence-corrected chi connectivity index (χ2v) is 5.12. The van der Waals surface area contributed by atoms with Crippen LogP contribution in [0.1, 0.15) is 23.6 Å². The summed E-state index contributed by atoms with van der Waals surface area (Å²) in [7, 11) is 0. The monoisotopic (exact) mass is 291 g/mol. The summed E-state index contributed by atoms with van der Waals surface area (Å²) in [6.45, 7) is 3.85. The van der Waals surface area contributed by atoms with E-state index in [0.29, 0.717) is 17.2 Å². The molecule has 2 aromatic rings. The van der Waals surface area contributed by atoms with Gasteiger partial charge in [-0.15, -0.1) is 0 Å². The fourth-order valence-electron chi connectivity index (χ4n) is 2.43. The van der Waals surface area contributed by atoms with Gasteiger partial charge in [-0.2, -0.15) is 0 Å². The largest absolute Gasteiger partial charge is 0.453 e. The smallest absolute Gasteiger partial charge is 0.155 e. The number of nitrogens with two attached hydrogens (primary N) is 1. The van der Waals surface area contributed by atoms with Crippen molar-refractivity contribution in [3.63, 3.8) is 0 Å². The number of fused-ring (bicyclic) bond motifs is 1. The van der Waals surface area contributed by atoms with E-state index in [1.807, 2.05) is 50.3 Å². The molecule has 2 aromatic carbocycles. The first-order valence-electron chi connectivity index (χ1n) is 7.07. The Hall–Kier alpha value is -2.88. The van der Waals surface area contributed by atoms with E-state index in [1.54, 1.807) is 6.07 Å². The number of ether oxygens (including phenoxy) is 1. The number of hydrogen-bond donors (Lipinski definition) is 2. The highest BCUT2D eigenvalue weighted by Gasteiger charge is 2.22. The van der Waals surface area contributed by atoms with Crippen molar-refractivity contribution in [3.8, 4) is 5.75 Å². The summed E-state index contributed by atoms with van der Waals surface area (Å²) in [6, 6.07) is 11.4. The Morgan fingerprint density at radius 2 is 2.00 bits per heavy atom. The van der Waals surface area contributed by atoms with Crippen molar-refractivity contribution in [2.45, 2.75) is 13.8 Å². The maximum Gasteiger partial charge on any atom is 0.155 e. The number of aryl methyl sites for hydroxylation is 1. The molecule has 0 aromatic heterocycles. The van der Waals surface area contributed by atoms with Gasteiger partial charge in [-0.25, -0.2) is 4.99 Å². The highest BCUT2D eigenvalue weighted by atomic mass is 16.5. The Bertz CT molecular complexity index is 819. The van der Waals surface area contributed by atoms with E-state index in [0.717, 1.165) is 28.1 Å². The van der Waals surface area contributed by atoms with E-state index >= 15 is 0 Å². The zero-order chi connectivity index (χ0) is 15.7. The summed E-state index contributed by atoms with van der Waals surface area (Å²) in [6.07, 6.45) is 3.20. The van der Waals surface area contributed by atoms with E-state index in [2.05, 4.69) is 0 Å². The average Bonchev–Trinajstić information content (AvgIpc) is 2.55. The predicted octanol–water partition coefficient (Wildman–Crippen LogP) is 3.99. The second kappa shape index (κ2) is 5.48. The lowest BCUT2D eigenvalue weighted by Gasteiger charge is -2.21. The van der Waals surface area contributed by atoms with Crippen molar-refractivity contribution in [2.24, 2.45) is 4.99 Å². The molecule has 0 saturated heterocycles. The zero-order valence-electron chi connectivity index (χ0n) is 12.6. The van der Waals surface area contributed by atoms with Crippen LogP contribution in [0.3, 0.4) is 0 Å². The van der Waals surface area contributed by atoms with Crippen molar-refractivity contribution in [2.75, 3.05) is 5.73 Å². The first-order chi connectivity index (χ1) is 10.6. The molecule has 0 radical (unpaired) electrons. The molecule has 0 bridgehead atoms. The molecular weight excluding hydrogens is 274 g/mol. The molecule has 4 heteroatoms. The summed E-state index contributed by atoms with van der Waals surface area (Å²) < 4.78 is 5.96. The minimum absolute atomic E-state index is 0.660. The molecule has 0 fully saturated rings. The number of nitrogens with zero attached hydrogens (tertiary/aromatic N) is 1. The molecule has 0 unspecified atom stereocenters. The van der Waals surface area contributed by atoms with Crippen LogP contribution in [0, 0.1) is 12.3 Å². The van der Waals surface area contributed by atoms with Crippen LogP contribution in [0.4, 0.5) is 11.4 Å². The standard InChI is InChI=1S/C18H17N3O/c1-3-16-18(13-7-5-4-6-12(13)10-19)21-15-8-11(2)14(20)9-17(15)22-16/h3-10,19H,20H2,1-2H3/b16-3+,19-10?. The van der Waals surface area contributed by atoms with Gasteiger partial charge in [-0.05, 0) is 31.6 Å². The van der Waals surface area contributed by atoms with Crippen LogP contribution in [0.5, 0.6) is 5.75 Å². The summed E-state index contributed by atoms with van der Waals surface area (Å²) in [5.41, 5.74) is 10.8. The van der Waals surface area contributed by atoms with Gasteiger partial charge in [0.25, 0.3) is 0 Å². The lowest BCUT2D eigenvalue weighted by atomic mass is 10.0. The minimum atomic E-state index is 0.660. The van der Waals surface area contributed by atoms with Gasteiger partial charge >= 0.3 is 0 Å². The lowest BCUT2D eigenvalue weighted by molar-refractivity contribution is 0.450. The van der Waals surface area contributed by atoms with Gasteiger partial charge in [0.05, 0.1) is 0 Å². The maximum atomic E-state index is 7.58. The third-order valence-corrected chi connectivity index (χ3v) is 3.67. The first kappa shape index (κ1) is 14.1. The molecule has 1 aliphatic rings. The van der Waals surface area contributed by atoms with Crippen LogP contribution in [0.25, 0.3) is 0 Å². The van der Waals surface area contributed by atoms with Gasteiger partial charge < -0.3 is 15.9 Å². The number of nitrogen functional groups attached to an aromatic ring is 1. The summed E-state index contributed by atoms with van der Waals surface area (Å²) >= 11 is 0. The van der Waals surface area contributed by atoms with E-state index in [1.165, 1.54) is 6.21 Å². The van der Waals surface area contributed by atoms with Crippen LogP contribution in [0.15, 0.2) is 53.2 Å². The molecule has 0 aliphatic carbocycles. The van der Waals surface area contributed by atoms with Crippen LogP contribution < -0.4 is 10.5 Å². The molecule has 4 nitrogen and oxygen atoms in total. The highest BCUT2D eigenvalue weighted by molar-refractivity contribution is 6.17. The van der Waals surface area contributed by atoms with Crippen molar-refractivity contribution >= 4 is 23.3 Å². The lowest BCUT2D eigenvalue weighted by Crippen LogP contribution is -2.16. The van der Waals surface area contributed by atoms with Crippen molar-refractivity contribution in [1.29, 1.82) is 5.41 Å². The van der Waals surface area contributed by atoms with Gasteiger partial charge in [0.2, 0.25) is 0 Å². The topological polar surface area (TPSA) is 71.5 Å². The molecule has 0 saturated carbocycles. The Kier molecular flexibility index (Phi) is 3.51. The molecule has 1 aliphatic heterocycles. The highest BCUT2D eigenvalue weighted by Crippen LogP contribution is 2.38. The minimum Gasteiger partial charge on any atom is -0.453 e. The Morgan fingerprint density at radius 3 is 2.73 bits per heavy atom. The SMILES string of the molecule is C/C=C1/Oc2cc(N)c(C)cc2N=C1c1ccccc1C=N. The fourth-order valence-corrected chi connectivity index (χ4v) is 2.43. The maximum absolute atomic E-state index is 7.58. The molecule has 0 spiro atoms. The number of hydrogen-bond acceptors (Lipinski definition) is 4. The van der Waals surface area contributed by atoms with Crippen LogP contribution in [-0.2, 0) is 0 Å². The van der Waals surface area contributed by atoms with Crippen LogP contribution >= 0.6 is 0 Å². The Morgan fingerprint density at radius 1 is 1.23 bits per heavy atom. The molecule has 3 rings (SSSR count). The number of nitrogens with one attached hydrogen (secondary N) is 1. The van der Waals surface area contributed by atoms with Gasteiger partial charge in [-0.1, -0.05) is 24.3 Å². The number of rotatable bonds is 2. The molecule has 110 valence electrons. The van der Waals surface area contributed by atoms with Gasteiger partial charge in [0.1, 0.15) is 17.2 Å². The van der Waals surface area contributed by atoms with Crippen molar-refractivity contribution in [1.82, 2.24) is 0 Å². The molecule has 22 heavy (non-hydrogen) atoms. The third-order valence-electron chi connectivity index (χ3n) is 3.67. The predicted molar refractivity (Wildman–Crippen MR) is 90.5 cm³/mol. The number of anilines is 1. The normalized spacial score (nSPS) is 15.0. The molecule has 3 N–H and O–H groups in total. The average molecular weight is 291 g/mol. The quantitative estimate of drug-likeness (QED) is 0.648. The summed E-state index contributed by atoms with van der Waals surface area (Å²) in [5.74, 6) is 1.33. The van der Waals surface area contributed by atoms with Crippen molar-refractivity contribution < 1.29 is 4.74 Å². The Labute approximate surface area is 129 Å². The van der Waals surface area contributed by atoms with Crippen LogP contribution in [-0.4, -0.2) is 11.9 Å². The fraction of sp³-hybridized carbons (Fsp3) is 0.111. The molecular formula is C18H17N3O.